The van der Waals surface area contributed by atoms with E-state index < -0.39 is 53.5 Å². The first-order chi connectivity index (χ1) is 41.2. The van der Waals surface area contributed by atoms with Crippen molar-refractivity contribution in [3.63, 3.8) is 0 Å². The number of amides is 4. The third-order valence-electron chi connectivity index (χ3n) is 15.8. The second-order valence-corrected chi connectivity index (χ2v) is 23.3. The Balaban J connectivity index is 0.000000980. The fraction of sp³-hybridized carbons (Fsp3) is 0.742. The molecule has 0 aromatic heterocycles. The maximum Gasteiger partial charge on any atom is 0.306 e. The number of ketones is 4. The molecule has 1 aliphatic carbocycles. The van der Waals surface area contributed by atoms with Gasteiger partial charge in [0.1, 0.15) is 12.4 Å². The zero-order valence-corrected chi connectivity index (χ0v) is 52.4. The van der Waals surface area contributed by atoms with Gasteiger partial charge in [-0.1, -0.05) is 139 Å². The molecule has 1 aromatic rings. The predicted octanol–water partition coefficient (Wildman–Crippen LogP) is 10.5. The number of carboxylic acids is 3. The minimum absolute atomic E-state index is 0.0108. The third kappa shape index (κ3) is 42.0. The van der Waals surface area contributed by atoms with Gasteiger partial charge in [-0.25, -0.2) is 0 Å². The highest BCUT2D eigenvalue weighted by atomic mass is 16.5. The Morgan fingerprint density at radius 3 is 1.62 bits per heavy atom. The lowest BCUT2D eigenvalue weighted by Gasteiger charge is -2.28. The summed E-state index contributed by atoms with van der Waals surface area (Å²) in [5.41, 5.74) is 7.25. The van der Waals surface area contributed by atoms with Crippen molar-refractivity contribution in [3.05, 3.63) is 35.4 Å². The summed E-state index contributed by atoms with van der Waals surface area (Å²) >= 11 is 0. The average Bonchev–Trinajstić information content (AvgIpc) is 3.66. The Hall–Kier alpha value is -5.89. The van der Waals surface area contributed by atoms with Gasteiger partial charge in [0.05, 0.1) is 31.7 Å². The average molecular weight is 1210 g/mol. The molecular formula is C66H108N4O16. The Labute approximate surface area is 512 Å². The van der Waals surface area contributed by atoms with Gasteiger partial charge in [-0.3, -0.25) is 52.7 Å². The number of unbranched alkanes of at least 4 members (excludes halogenated alkanes) is 17. The van der Waals surface area contributed by atoms with Crippen molar-refractivity contribution in [2.24, 2.45) is 29.4 Å². The van der Waals surface area contributed by atoms with Crippen LogP contribution in [0.3, 0.4) is 0 Å². The van der Waals surface area contributed by atoms with Crippen LogP contribution < -0.4 is 21.7 Å². The number of Topliss-reactive ketones (excluding diaryl/α,β-unsaturated/α-hetero) is 4. The van der Waals surface area contributed by atoms with E-state index in [-0.39, 0.29) is 93.1 Å². The fourth-order valence-corrected chi connectivity index (χ4v) is 10.5. The summed E-state index contributed by atoms with van der Waals surface area (Å²) in [5, 5.41) is 35.5. The number of carbonyl (C=O) groups is 11. The lowest BCUT2D eigenvalue weighted by molar-refractivity contribution is -0.145. The van der Waals surface area contributed by atoms with Gasteiger partial charge in [-0.05, 0) is 90.4 Å². The van der Waals surface area contributed by atoms with Crippen molar-refractivity contribution < 1.29 is 77.5 Å². The van der Waals surface area contributed by atoms with Crippen molar-refractivity contribution in [1.82, 2.24) is 16.0 Å². The monoisotopic (exact) mass is 1210 g/mol. The summed E-state index contributed by atoms with van der Waals surface area (Å²) in [6, 6.07) is 6.57. The highest BCUT2D eigenvalue weighted by Crippen LogP contribution is 2.31. The number of hydrogen-bond acceptors (Lipinski definition) is 13. The molecule has 3 atom stereocenters. The topological polar surface area (TPSA) is 329 Å². The number of primary amides is 1. The van der Waals surface area contributed by atoms with Crippen LogP contribution in [0.15, 0.2) is 24.3 Å². The first-order valence-corrected chi connectivity index (χ1v) is 32.4. The van der Waals surface area contributed by atoms with Gasteiger partial charge in [-0.15, -0.1) is 0 Å². The van der Waals surface area contributed by atoms with E-state index in [1.54, 1.807) is 0 Å². The minimum atomic E-state index is -1.15. The number of rotatable bonds is 53. The van der Waals surface area contributed by atoms with Crippen molar-refractivity contribution in [2.45, 2.75) is 252 Å². The molecular weight excluding hydrogens is 1100 g/mol. The SMILES string of the molecule is CCCC(=O)C(CCC(=O)O)NC(=O)CCC(CC(=O)C1CCC(CNC(=O)CCCCCCCCCCCCCCCCCCC(=O)O)CC1)C(=O)O.CCOCCOCC(=O)NCC(=O)CC(CCCCCC(=O)c1ccc(C)cc1)C(N)=O. The van der Waals surface area contributed by atoms with Gasteiger partial charge in [0.25, 0.3) is 0 Å². The lowest BCUT2D eigenvalue weighted by Crippen LogP contribution is -2.41. The largest absolute Gasteiger partial charge is 0.481 e. The van der Waals surface area contributed by atoms with Crippen LogP contribution in [0, 0.1) is 30.6 Å². The van der Waals surface area contributed by atoms with E-state index in [9.17, 15) is 57.8 Å². The normalized spacial score (nSPS) is 14.8. The molecule has 488 valence electrons. The molecule has 3 unspecified atom stereocenters. The van der Waals surface area contributed by atoms with E-state index in [0.29, 0.717) is 95.6 Å². The van der Waals surface area contributed by atoms with E-state index in [1.807, 2.05) is 45.0 Å². The number of carbonyl (C=O) groups excluding carboxylic acids is 8. The highest BCUT2D eigenvalue weighted by molar-refractivity contribution is 5.96. The molecule has 20 heteroatoms. The number of nitrogens with two attached hydrogens (primary N) is 1. The van der Waals surface area contributed by atoms with Gasteiger partial charge in [0.15, 0.2) is 17.3 Å². The molecule has 1 fully saturated rings. The first kappa shape index (κ1) is 78.1. The number of hydrogen-bond donors (Lipinski definition) is 7. The van der Waals surface area contributed by atoms with Crippen LogP contribution in [0.2, 0.25) is 0 Å². The molecule has 0 spiro atoms. The summed E-state index contributed by atoms with van der Waals surface area (Å²) in [5.74, 6) is -6.36. The van der Waals surface area contributed by atoms with E-state index in [2.05, 4.69) is 16.0 Å². The molecule has 0 saturated heterocycles. The molecule has 1 aliphatic rings. The van der Waals surface area contributed by atoms with Crippen LogP contribution in [0.25, 0.3) is 0 Å². The molecule has 1 saturated carbocycles. The van der Waals surface area contributed by atoms with Gasteiger partial charge in [-0.2, -0.15) is 0 Å². The van der Waals surface area contributed by atoms with Crippen LogP contribution in [0.5, 0.6) is 0 Å². The van der Waals surface area contributed by atoms with Gasteiger partial charge < -0.3 is 46.5 Å². The summed E-state index contributed by atoms with van der Waals surface area (Å²) in [6.45, 7) is 7.21. The summed E-state index contributed by atoms with van der Waals surface area (Å²) in [6.07, 6.45) is 25.7. The van der Waals surface area contributed by atoms with E-state index >= 15 is 0 Å². The van der Waals surface area contributed by atoms with Crippen LogP contribution in [-0.2, 0) is 57.4 Å². The number of nitrogens with one attached hydrogen (secondary N) is 3. The second kappa shape index (κ2) is 50.1. The number of aryl methyl sites for hydroxylation is 1. The second-order valence-electron chi connectivity index (χ2n) is 23.3. The smallest absolute Gasteiger partial charge is 0.306 e. The van der Waals surface area contributed by atoms with Crippen LogP contribution in [0.1, 0.15) is 254 Å². The number of carboxylic acid groups (broad SMARTS) is 3. The summed E-state index contributed by atoms with van der Waals surface area (Å²) in [7, 11) is 0. The van der Waals surface area contributed by atoms with Gasteiger partial charge in [0.2, 0.25) is 23.6 Å². The van der Waals surface area contributed by atoms with E-state index in [4.69, 9.17) is 25.4 Å². The Kier molecular flexibility index (Phi) is 45.6. The Morgan fingerprint density at radius 2 is 1.08 bits per heavy atom. The van der Waals surface area contributed by atoms with Crippen LogP contribution in [-0.4, -0.2) is 126 Å². The van der Waals surface area contributed by atoms with E-state index in [0.717, 1.165) is 63.4 Å². The maximum atomic E-state index is 13.0. The molecule has 0 aliphatic heterocycles. The van der Waals surface area contributed by atoms with Gasteiger partial charge in [0, 0.05) is 81.9 Å². The van der Waals surface area contributed by atoms with Crippen molar-refractivity contribution in [2.75, 3.05) is 39.5 Å². The summed E-state index contributed by atoms with van der Waals surface area (Å²) < 4.78 is 10.2. The van der Waals surface area contributed by atoms with E-state index in [1.165, 1.54) is 64.2 Å². The third-order valence-corrected chi connectivity index (χ3v) is 15.8. The lowest BCUT2D eigenvalue weighted by atomic mass is 9.78. The first-order valence-electron chi connectivity index (χ1n) is 32.4. The fourth-order valence-electron chi connectivity index (χ4n) is 10.5. The number of ether oxygens (including phenoxy) is 2. The molecule has 20 nitrogen and oxygen atoms in total. The molecule has 0 bridgehead atoms. The zero-order chi connectivity index (χ0) is 63.7. The standard InChI is InChI=1S/C42H72N2O10.C24H36N2O6/c1-2-19-36(45)35(27-29-41(51)52)44-39(48)28-26-34(42(53)54)30-37(46)33-24-22-32(23-25-33)31-43-38(47)20-17-15-13-11-9-7-5-3-4-6-8-10-12-14-16-18-21-40(49)50;1-3-31-13-14-32-17-23(29)26-16-21(27)15-20(24(25)30)7-5-4-6-8-22(28)19-11-9-18(2)10-12-19/h32-35H,2-31H2,1H3,(H,43,47)(H,44,48)(H,49,50)(H,51,52)(H,53,54);9-12,20H,3-8,13-17H2,1-2H3,(H2,25,30)(H,26,29). The molecule has 0 radical (unpaired) electrons. The van der Waals surface area contributed by atoms with Crippen molar-refractivity contribution in [3.8, 4) is 0 Å². The Bertz CT molecular complexity index is 2140. The van der Waals surface area contributed by atoms with Crippen molar-refractivity contribution in [1.29, 1.82) is 0 Å². The highest BCUT2D eigenvalue weighted by Gasteiger charge is 2.31. The molecule has 2 rings (SSSR count). The number of aliphatic carboxylic acids is 3. The molecule has 86 heavy (non-hydrogen) atoms. The maximum absolute atomic E-state index is 13.0. The summed E-state index contributed by atoms with van der Waals surface area (Å²) in [4.78, 5) is 131. The molecule has 4 amide bonds. The van der Waals surface area contributed by atoms with Crippen LogP contribution >= 0.6 is 0 Å². The number of benzene rings is 1. The minimum Gasteiger partial charge on any atom is -0.481 e. The molecule has 0 heterocycles. The zero-order valence-electron chi connectivity index (χ0n) is 52.4. The molecule has 8 N–H and O–H groups in total. The predicted molar refractivity (Wildman–Crippen MR) is 329 cm³/mol. The van der Waals surface area contributed by atoms with Crippen LogP contribution in [0.4, 0.5) is 0 Å². The molecule has 1 aromatic carbocycles. The quantitative estimate of drug-likeness (QED) is 0.0235. The van der Waals surface area contributed by atoms with Gasteiger partial charge >= 0.3 is 17.9 Å². The van der Waals surface area contributed by atoms with Crippen molar-refractivity contribution >= 4 is 64.7 Å². The Morgan fingerprint density at radius 1 is 0.547 bits per heavy atom.